The maximum absolute atomic E-state index is 11.2. The maximum Gasteiger partial charge on any atom is 0.238 e. The second kappa shape index (κ2) is 4.74. The van der Waals surface area contributed by atoms with Crippen molar-refractivity contribution in [2.75, 3.05) is 4.43 Å². The molecule has 0 unspecified atom stereocenters. The van der Waals surface area contributed by atoms with Crippen LogP contribution < -0.4 is 0 Å². The zero-order chi connectivity index (χ0) is 5.70. The summed E-state index contributed by atoms with van der Waals surface area (Å²) in [7, 11) is 0. The average molecular weight is 220 g/mol. The third-order valence-corrected chi connectivity index (χ3v) is 1.32. The lowest BCUT2D eigenvalue weighted by molar-refractivity contribution is 0.137. The Morgan fingerprint density at radius 2 is 2.00 bits per heavy atom. The van der Waals surface area contributed by atoms with Crippen LogP contribution in [-0.4, -0.2) is 10.9 Å². The summed E-state index contributed by atoms with van der Waals surface area (Å²) >= 11 is 2.09. The molecule has 0 aliphatic carbocycles. The molecular formula is C4H7F2I. The van der Waals surface area contributed by atoms with E-state index in [0.717, 1.165) is 4.43 Å². The van der Waals surface area contributed by atoms with Crippen LogP contribution in [0.2, 0.25) is 0 Å². The summed E-state index contributed by atoms with van der Waals surface area (Å²) in [5.74, 6) is 0. The minimum Gasteiger partial charge on any atom is -0.211 e. The number of halogens is 3. The van der Waals surface area contributed by atoms with Gasteiger partial charge in [0.1, 0.15) is 0 Å². The van der Waals surface area contributed by atoms with Crippen molar-refractivity contribution in [1.82, 2.24) is 0 Å². The zero-order valence-electron chi connectivity index (χ0n) is 3.83. The predicted molar refractivity (Wildman–Crippen MR) is 34.1 cm³/mol. The van der Waals surface area contributed by atoms with Crippen molar-refractivity contribution in [2.24, 2.45) is 0 Å². The minimum atomic E-state index is -2.10. The van der Waals surface area contributed by atoms with Gasteiger partial charge in [0.05, 0.1) is 0 Å². The molecule has 0 bridgehead atoms. The van der Waals surface area contributed by atoms with Gasteiger partial charge >= 0.3 is 0 Å². The predicted octanol–water partition coefficient (Wildman–Crippen LogP) is 2.47. The molecule has 0 N–H and O–H groups in total. The molecule has 0 saturated heterocycles. The summed E-state index contributed by atoms with van der Waals surface area (Å²) in [5, 5.41) is 0. The lowest BCUT2D eigenvalue weighted by atomic mass is 10.4. The van der Waals surface area contributed by atoms with Crippen molar-refractivity contribution in [3.05, 3.63) is 0 Å². The van der Waals surface area contributed by atoms with Crippen LogP contribution >= 0.6 is 22.6 Å². The van der Waals surface area contributed by atoms with Gasteiger partial charge < -0.3 is 0 Å². The average Bonchev–Trinajstić information content (AvgIpc) is 1.61. The van der Waals surface area contributed by atoms with E-state index in [9.17, 15) is 8.78 Å². The molecule has 0 nitrogen and oxygen atoms in total. The molecule has 0 spiro atoms. The van der Waals surface area contributed by atoms with Gasteiger partial charge in [0, 0.05) is 6.42 Å². The Hall–Kier alpha value is 0.590. The molecule has 3 heteroatoms. The highest BCUT2D eigenvalue weighted by Gasteiger charge is 1.98. The minimum absolute atomic E-state index is 0.0585. The molecule has 0 aliphatic heterocycles. The first kappa shape index (κ1) is 7.59. The molecule has 0 atom stereocenters. The Balaban J connectivity index is 2.68. The van der Waals surface area contributed by atoms with Gasteiger partial charge in [-0.1, -0.05) is 22.6 Å². The molecule has 0 saturated carbocycles. The second-order valence-corrected chi connectivity index (χ2v) is 2.30. The van der Waals surface area contributed by atoms with Crippen LogP contribution in [0.4, 0.5) is 8.78 Å². The van der Waals surface area contributed by atoms with E-state index in [1.165, 1.54) is 0 Å². The standard InChI is InChI=1S/C4H7F2I/c5-4(6)2-1-3-7/h4H,1-3H2. The van der Waals surface area contributed by atoms with E-state index in [2.05, 4.69) is 22.6 Å². The van der Waals surface area contributed by atoms with E-state index < -0.39 is 6.43 Å². The van der Waals surface area contributed by atoms with Gasteiger partial charge in [0.25, 0.3) is 0 Å². The van der Waals surface area contributed by atoms with E-state index in [1.807, 2.05) is 0 Å². The fourth-order valence-corrected chi connectivity index (χ4v) is 0.672. The van der Waals surface area contributed by atoms with Crippen LogP contribution in [0.25, 0.3) is 0 Å². The third kappa shape index (κ3) is 6.59. The molecule has 0 aliphatic rings. The van der Waals surface area contributed by atoms with Gasteiger partial charge in [-0.25, -0.2) is 8.78 Å². The third-order valence-electron chi connectivity index (χ3n) is 0.556. The second-order valence-electron chi connectivity index (χ2n) is 1.22. The van der Waals surface area contributed by atoms with Crippen LogP contribution in [0.1, 0.15) is 12.8 Å². The molecule has 7 heavy (non-hydrogen) atoms. The van der Waals surface area contributed by atoms with E-state index in [-0.39, 0.29) is 6.42 Å². The molecule has 0 rings (SSSR count). The molecule has 0 aromatic heterocycles. The largest absolute Gasteiger partial charge is 0.238 e. The zero-order valence-corrected chi connectivity index (χ0v) is 5.99. The summed E-state index contributed by atoms with van der Waals surface area (Å²) in [4.78, 5) is 0. The van der Waals surface area contributed by atoms with Crippen LogP contribution in [0.3, 0.4) is 0 Å². The smallest absolute Gasteiger partial charge is 0.211 e. The molecule has 0 aromatic carbocycles. The van der Waals surface area contributed by atoms with Gasteiger partial charge in [-0.05, 0) is 10.8 Å². The molecule has 0 radical (unpaired) electrons. The van der Waals surface area contributed by atoms with Crippen LogP contribution in [0.5, 0.6) is 0 Å². The van der Waals surface area contributed by atoms with Crippen LogP contribution in [0, 0.1) is 0 Å². The highest BCUT2D eigenvalue weighted by Crippen LogP contribution is 2.03. The highest BCUT2D eigenvalue weighted by atomic mass is 127. The molecule has 0 aromatic rings. The number of rotatable bonds is 3. The van der Waals surface area contributed by atoms with Gasteiger partial charge in [-0.3, -0.25) is 0 Å². The Morgan fingerprint density at radius 3 is 2.14 bits per heavy atom. The van der Waals surface area contributed by atoms with E-state index in [4.69, 9.17) is 0 Å². The fourth-order valence-electron chi connectivity index (χ4n) is 0.231. The quantitative estimate of drug-likeness (QED) is 0.506. The molecule has 44 valence electrons. The Kier molecular flexibility index (Phi) is 5.14. The molecule has 0 heterocycles. The Morgan fingerprint density at radius 1 is 1.43 bits per heavy atom. The summed E-state index contributed by atoms with van der Waals surface area (Å²) in [6.07, 6.45) is -1.41. The first-order valence-electron chi connectivity index (χ1n) is 2.11. The van der Waals surface area contributed by atoms with Gasteiger partial charge in [0.2, 0.25) is 6.43 Å². The van der Waals surface area contributed by atoms with E-state index in [1.54, 1.807) is 0 Å². The Labute approximate surface area is 55.4 Å². The number of hydrogen-bond acceptors (Lipinski definition) is 0. The highest BCUT2D eigenvalue weighted by molar-refractivity contribution is 14.1. The molecule has 0 amide bonds. The van der Waals surface area contributed by atoms with Gasteiger partial charge in [-0.2, -0.15) is 0 Å². The van der Waals surface area contributed by atoms with Crippen molar-refractivity contribution in [1.29, 1.82) is 0 Å². The van der Waals surface area contributed by atoms with Crippen molar-refractivity contribution in [2.45, 2.75) is 19.3 Å². The fraction of sp³-hybridized carbons (Fsp3) is 1.00. The summed E-state index contributed by atoms with van der Waals surface area (Å²) in [5.41, 5.74) is 0. The van der Waals surface area contributed by atoms with E-state index >= 15 is 0 Å². The van der Waals surface area contributed by atoms with Crippen molar-refractivity contribution >= 4 is 22.6 Å². The summed E-state index contributed by atoms with van der Waals surface area (Å²) in [6, 6.07) is 0. The SMILES string of the molecule is FC(F)CCCI. The van der Waals surface area contributed by atoms with Crippen molar-refractivity contribution in [3.63, 3.8) is 0 Å². The lowest BCUT2D eigenvalue weighted by Gasteiger charge is -1.91. The van der Waals surface area contributed by atoms with Crippen molar-refractivity contribution < 1.29 is 8.78 Å². The first-order valence-corrected chi connectivity index (χ1v) is 3.64. The first-order chi connectivity index (χ1) is 3.27. The van der Waals surface area contributed by atoms with Crippen LogP contribution in [0.15, 0.2) is 0 Å². The Bertz CT molecular complexity index is 38.7. The molecule has 0 fully saturated rings. The normalized spacial score (nSPS) is 10.3. The van der Waals surface area contributed by atoms with Crippen LogP contribution in [-0.2, 0) is 0 Å². The van der Waals surface area contributed by atoms with Crippen molar-refractivity contribution in [3.8, 4) is 0 Å². The summed E-state index contributed by atoms with van der Waals surface area (Å²) < 4.78 is 23.3. The summed E-state index contributed by atoms with van der Waals surface area (Å²) in [6.45, 7) is 0. The number of alkyl halides is 3. The molecular weight excluding hydrogens is 213 g/mol. The topological polar surface area (TPSA) is 0 Å². The lowest BCUT2D eigenvalue weighted by Crippen LogP contribution is -1.88. The van der Waals surface area contributed by atoms with E-state index in [0.29, 0.717) is 6.42 Å². The van der Waals surface area contributed by atoms with Gasteiger partial charge in [0.15, 0.2) is 0 Å². The van der Waals surface area contributed by atoms with Gasteiger partial charge in [-0.15, -0.1) is 0 Å². The number of hydrogen-bond donors (Lipinski definition) is 0. The monoisotopic (exact) mass is 220 g/mol. The maximum atomic E-state index is 11.2.